The van der Waals surface area contributed by atoms with Gasteiger partial charge in [0, 0.05) is 11.1 Å². The van der Waals surface area contributed by atoms with Gasteiger partial charge in [0.15, 0.2) is 5.78 Å². The van der Waals surface area contributed by atoms with Crippen molar-refractivity contribution in [1.29, 1.82) is 0 Å². The number of allylic oxidation sites excluding steroid dienone is 2. The van der Waals surface area contributed by atoms with Crippen LogP contribution >= 0.6 is 0 Å². The van der Waals surface area contributed by atoms with Gasteiger partial charge in [0.1, 0.15) is 11.5 Å². The maximum atomic E-state index is 12.3. The third-order valence-corrected chi connectivity index (χ3v) is 3.48. The van der Waals surface area contributed by atoms with Crippen molar-refractivity contribution >= 4 is 11.8 Å². The summed E-state index contributed by atoms with van der Waals surface area (Å²) in [5.74, 6) is 0.278. The van der Waals surface area contributed by atoms with Crippen LogP contribution in [0.25, 0.3) is 0 Å². The molecule has 0 amide bonds. The van der Waals surface area contributed by atoms with Crippen molar-refractivity contribution in [2.24, 2.45) is 0 Å². The molecule has 0 aliphatic heterocycles. The van der Waals surface area contributed by atoms with Crippen molar-refractivity contribution in [1.82, 2.24) is 0 Å². The molecule has 0 N–H and O–H groups in total. The molecule has 0 fully saturated rings. The molecule has 0 aliphatic carbocycles. The first-order valence-electron chi connectivity index (χ1n) is 7.16. The number of hydrogen-bond donors (Lipinski definition) is 0. The van der Waals surface area contributed by atoms with Crippen LogP contribution in [0.15, 0.2) is 65.9 Å². The van der Waals surface area contributed by atoms with Crippen molar-refractivity contribution in [2.75, 3.05) is 7.11 Å². The van der Waals surface area contributed by atoms with E-state index in [0.29, 0.717) is 28.2 Å². The minimum absolute atomic E-state index is 0.161. The molecule has 2 rings (SSSR count). The summed E-state index contributed by atoms with van der Waals surface area (Å²) in [4.78, 5) is 24.4. The lowest BCUT2D eigenvalue weighted by molar-refractivity contribution is 0.0621. The number of rotatable bonds is 5. The molecule has 0 saturated heterocycles. The molecule has 4 heteroatoms. The molecule has 0 radical (unpaired) electrons. The smallest absolute Gasteiger partial charge is 0.343 e. The van der Waals surface area contributed by atoms with Crippen molar-refractivity contribution in [3.63, 3.8) is 0 Å². The van der Waals surface area contributed by atoms with Gasteiger partial charge in [-0.3, -0.25) is 4.79 Å². The Morgan fingerprint density at radius 1 is 0.826 bits per heavy atom. The molecule has 0 aliphatic rings. The molecular weight excluding hydrogens is 292 g/mol. The van der Waals surface area contributed by atoms with Crippen LogP contribution in [0.5, 0.6) is 5.75 Å². The van der Waals surface area contributed by atoms with E-state index in [-0.39, 0.29) is 5.78 Å². The first-order valence-corrected chi connectivity index (χ1v) is 7.16. The predicted octanol–water partition coefficient (Wildman–Crippen LogP) is 4.03. The highest BCUT2D eigenvalue weighted by Crippen LogP contribution is 2.16. The summed E-state index contributed by atoms with van der Waals surface area (Å²) in [5, 5.41) is 0. The van der Waals surface area contributed by atoms with Crippen LogP contribution in [0.4, 0.5) is 0 Å². The Bertz CT molecular complexity index is 728. The summed E-state index contributed by atoms with van der Waals surface area (Å²) in [5.41, 5.74) is 1.35. The van der Waals surface area contributed by atoms with E-state index >= 15 is 0 Å². The average Bonchev–Trinajstić information content (AvgIpc) is 2.61. The first kappa shape index (κ1) is 16.5. The monoisotopic (exact) mass is 310 g/mol. The predicted molar refractivity (Wildman–Crippen MR) is 87.6 cm³/mol. The Morgan fingerprint density at radius 3 is 2.00 bits per heavy atom. The number of carbonyl (C=O) groups is 2. The molecule has 118 valence electrons. The fourth-order valence-corrected chi connectivity index (χ4v) is 1.97. The molecule has 0 saturated carbocycles. The lowest BCUT2D eigenvalue weighted by atomic mass is 10.0. The van der Waals surface area contributed by atoms with Gasteiger partial charge >= 0.3 is 5.97 Å². The van der Waals surface area contributed by atoms with E-state index in [1.54, 1.807) is 69.5 Å². The summed E-state index contributed by atoms with van der Waals surface area (Å²) in [7, 11) is 1.55. The van der Waals surface area contributed by atoms with Gasteiger partial charge in [-0.15, -0.1) is 0 Å². The van der Waals surface area contributed by atoms with Crippen LogP contribution in [-0.2, 0) is 4.74 Å². The number of hydrogen-bond acceptors (Lipinski definition) is 4. The Labute approximate surface area is 135 Å². The summed E-state index contributed by atoms with van der Waals surface area (Å²) in [6, 6.07) is 15.5. The highest BCUT2D eigenvalue weighted by molar-refractivity contribution is 6.08. The fraction of sp³-hybridized carbons (Fsp3) is 0.158. The topological polar surface area (TPSA) is 52.6 Å². The highest BCUT2D eigenvalue weighted by atomic mass is 16.5. The molecule has 0 unspecified atom stereocenters. The largest absolute Gasteiger partial charge is 0.497 e. The summed E-state index contributed by atoms with van der Waals surface area (Å²) in [6.07, 6.45) is 0. The highest BCUT2D eigenvalue weighted by Gasteiger charge is 2.15. The van der Waals surface area contributed by atoms with Gasteiger partial charge in [0.05, 0.1) is 12.7 Å². The number of carbonyl (C=O) groups excluding carboxylic acids is 2. The maximum absolute atomic E-state index is 12.3. The van der Waals surface area contributed by atoms with Gasteiger partial charge in [-0.2, -0.15) is 0 Å². The normalized spacial score (nSPS) is 11.4. The molecule has 2 aromatic rings. The van der Waals surface area contributed by atoms with Gasteiger partial charge in [-0.1, -0.05) is 30.3 Å². The van der Waals surface area contributed by atoms with Gasteiger partial charge < -0.3 is 9.47 Å². The van der Waals surface area contributed by atoms with E-state index < -0.39 is 5.97 Å². The summed E-state index contributed by atoms with van der Waals surface area (Å²) >= 11 is 0. The van der Waals surface area contributed by atoms with E-state index in [0.717, 1.165) is 0 Å². The number of Topliss-reactive ketones (excluding diaryl/α,β-unsaturated/α-hetero) is 1. The maximum Gasteiger partial charge on any atom is 0.343 e. The van der Waals surface area contributed by atoms with Crippen LogP contribution in [0.3, 0.4) is 0 Å². The zero-order chi connectivity index (χ0) is 16.8. The number of ketones is 1. The van der Waals surface area contributed by atoms with Crippen LogP contribution in [0.1, 0.15) is 34.6 Å². The van der Waals surface area contributed by atoms with Crippen LogP contribution in [0, 0.1) is 0 Å². The van der Waals surface area contributed by atoms with Gasteiger partial charge in [-0.25, -0.2) is 4.79 Å². The minimum Gasteiger partial charge on any atom is -0.497 e. The third-order valence-electron chi connectivity index (χ3n) is 3.48. The Hall–Kier alpha value is -2.88. The van der Waals surface area contributed by atoms with Gasteiger partial charge in [0.2, 0.25) is 0 Å². The van der Waals surface area contributed by atoms with E-state index in [1.165, 1.54) is 0 Å². The molecule has 0 bridgehead atoms. The molecular formula is C19H18O4. The Balaban J connectivity index is 2.13. The van der Waals surface area contributed by atoms with E-state index in [2.05, 4.69) is 0 Å². The SMILES string of the molecule is COc1ccc(C(=O)O/C(C)=C(\C)C(=O)c2ccccc2)cc1. The van der Waals surface area contributed by atoms with Crippen LogP contribution in [0.2, 0.25) is 0 Å². The second kappa shape index (κ2) is 7.40. The Kier molecular flexibility index (Phi) is 5.31. The van der Waals surface area contributed by atoms with Crippen LogP contribution < -0.4 is 4.74 Å². The molecule has 0 heterocycles. The van der Waals surface area contributed by atoms with Crippen LogP contribution in [-0.4, -0.2) is 18.9 Å². The molecule has 23 heavy (non-hydrogen) atoms. The third kappa shape index (κ3) is 4.07. The van der Waals surface area contributed by atoms with Crippen molar-refractivity contribution < 1.29 is 19.1 Å². The summed E-state index contributed by atoms with van der Waals surface area (Å²) < 4.78 is 10.3. The number of esters is 1. The minimum atomic E-state index is -0.509. The first-order chi connectivity index (χ1) is 11.0. The number of ether oxygens (including phenoxy) is 2. The standard InChI is InChI=1S/C19H18O4/c1-13(18(20)15-7-5-4-6-8-15)14(2)23-19(21)16-9-11-17(22-3)12-10-16/h4-12H,1-3H3/b14-13+. The van der Waals surface area contributed by atoms with Crippen molar-refractivity contribution in [3.8, 4) is 5.75 Å². The fourth-order valence-electron chi connectivity index (χ4n) is 1.97. The van der Waals surface area contributed by atoms with Gasteiger partial charge in [0.25, 0.3) is 0 Å². The molecule has 2 aromatic carbocycles. The van der Waals surface area contributed by atoms with E-state index in [1.807, 2.05) is 6.07 Å². The lowest BCUT2D eigenvalue weighted by Crippen LogP contribution is -2.09. The molecule has 0 aromatic heterocycles. The molecule has 0 spiro atoms. The van der Waals surface area contributed by atoms with Gasteiger partial charge in [-0.05, 0) is 38.1 Å². The van der Waals surface area contributed by atoms with E-state index in [4.69, 9.17) is 9.47 Å². The second-order valence-corrected chi connectivity index (χ2v) is 4.99. The zero-order valence-electron chi connectivity index (χ0n) is 13.3. The summed E-state index contributed by atoms with van der Waals surface area (Å²) in [6.45, 7) is 3.25. The lowest BCUT2D eigenvalue weighted by Gasteiger charge is -2.09. The van der Waals surface area contributed by atoms with Crippen molar-refractivity contribution in [2.45, 2.75) is 13.8 Å². The zero-order valence-corrected chi connectivity index (χ0v) is 13.3. The average molecular weight is 310 g/mol. The second-order valence-electron chi connectivity index (χ2n) is 4.99. The van der Waals surface area contributed by atoms with E-state index in [9.17, 15) is 9.59 Å². The molecule has 4 nitrogen and oxygen atoms in total. The van der Waals surface area contributed by atoms with Crippen molar-refractivity contribution in [3.05, 3.63) is 77.1 Å². The quantitative estimate of drug-likeness (QED) is 0.362. The Morgan fingerprint density at radius 2 is 1.43 bits per heavy atom. The molecule has 0 atom stereocenters. The number of methoxy groups -OCH3 is 1. The number of benzene rings is 2.